The Bertz CT molecular complexity index is 414. The van der Waals surface area contributed by atoms with Crippen LogP contribution in [0.4, 0.5) is 5.69 Å². The van der Waals surface area contributed by atoms with E-state index in [-0.39, 0.29) is 0 Å². The molecular formula is C9H6N2O. The van der Waals surface area contributed by atoms with Crippen LogP contribution in [0.1, 0.15) is 0 Å². The van der Waals surface area contributed by atoms with Crippen LogP contribution in [0.25, 0.3) is 10.9 Å². The molecule has 0 spiro atoms. The number of rotatable bonds is 0. The molecule has 0 saturated heterocycles. The second-order valence-electron chi connectivity index (χ2n) is 2.71. The molecule has 1 aromatic carbocycles. The minimum Gasteiger partial charge on any atom is -0.381 e. The molecular weight excluding hydrogens is 152 g/mol. The molecule has 0 amide bonds. The highest BCUT2D eigenvalue weighted by atomic mass is 16.7. The van der Waals surface area contributed by atoms with Crippen LogP contribution in [0.3, 0.4) is 0 Å². The van der Waals surface area contributed by atoms with Gasteiger partial charge in [0.15, 0.2) is 5.75 Å². The SMILES string of the molecule is c1cc2c3c(ccnc3c1)NO2. The minimum atomic E-state index is 0.857. The number of nitrogens with one attached hydrogen (secondary N) is 1. The molecule has 58 valence electrons. The molecule has 0 unspecified atom stereocenters. The van der Waals surface area contributed by atoms with Crippen LogP contribution in [0.15, 0.2) is 30.5 Å². The largest absolute Gasteiger partial charge is 0.381 e. The summed E-state index contributed by atoms with van der Waals surface area (Å²) >= 11 is 0. The molecule has 1 N–H and O–H groups in total. The Morgan fingerprint density at radius 3 is 3.25 bits per heavy atom. The summed E-state index contributed by atoms with van der Waals surface area (Å²) in [7, 11) is 0. The highest BCUT2D eigenvalue weighted by Crippen LogP contribution is 2.35. The highest BCUT2D eigenvalue weighted by Gasteiger charge is 2.14. The molecule has 0 aliphatic carbocycles. The van der Waals surface area contributed by atoms with Gasteiger partial charge in [0.05, 0.1) is 16.6 Å². The van der Waals surface area contributed by atoms with Crippen molar-refractivity contribution in [3.63, 3.8) is 0 Å². The Hall–Kier alpha value is -1.77. The maximum atomic E-state index is 5.22. The Balaban J connectivity index is 2.58. The molecule has 1 aliphatic rings. The average molecular weight is 158 g/mol. The molecule has 3 rings (SSSR count). The molecule has 2 aromatic rings. The fraction of sp³-hybridized carbons (Fsp3) is 0. The second kappa shape index (κ2) is 1.88. The highest BCUT2D eigenvalue weighted by molar-refractivity contribution is 5.97. The van der Waals surface area contributed by atoms with Gasteiger partial charge in [-0.2, -0.15) is 0 Å². The Morgan fingerprint density at radius 2 is 2.25 bits per heavy atom. The van der Waals surface area contributed by atoms with E-state index in [0.717, 1.165) is 22.3 Å². The van der Waals surface area contributed by atoms with E-state index >= 15 is 0 Å². The molecule has 3 nitrogen and oxygen atoms in total. The number of anilines is 1. The van der Waals surface area contributed by atoms with Crippen LogP contribution < -0.4 is 10.3 Å². The zero-order valence-corrected chi connectivity index (χ0v) is 6.24. The molecule has 0 fully saturated rings. The number of hydrogen-bond donors (Lipinski definition) is 1. The van der Waals surface area contributed by atoms with Gasteiger partial charge < -0.3 is 4.84 Å². The summed E-state index contributed by atoms with van der Waals surface area (Å²) in [6.07, 6.45) is 1.77. The average Bonchev–Trinajstić information content (AvgIpc) is 2.52. The number of nitrogens with zero attached hydrogens (tertiary/aromatic N) is 1. The van der Waals surface area contributed by atoms with E-state index in [1.807, 2.05) is 24.3 Å². The van der Waals surface area contributed by atoms with Crippen molar-refractivity contribution in [2.75, 3.05) is 5.48 Å². The van der Waals surface area contributed by atoms with Gasteiger partial charge in [-0.25, -0.2) is 5.48 Å². The van der Waals surface area contributed by atoms with Gasteiger partial charge in [0.1, 0.15) is 0 Å². The van der Waals surface area contributed by atoms with Crippen LogP contribution in [0, 0.1) is 0 Å². The minimum absolute atomic E-state index is 0.857. The van der Waals surface area contributed by atoms with Gasteiger partial charge in [-0.05, 0) is 18.2 Å². The summed E-state index contributed by atoms with van der Waals surface area (Å²) in [5.74, 6) is 0.857. The van der Waals surface area contributed by atoms with Gasteiger partial charge in [0.25, 0.3) is 0 Å². The lowest BCUT2D eigenvalue weighted by Crippen LogP contribution is -1.95. The lowest BCUT2D eigenvalue weighted by Gasteiger charge is -1.93. The van der Waals surface area contributed by atoms with Crippen molar-refractivity contribution >= 4 is 16.6 Å². The van der Waals surface area contributed by atoms with Gasteiger partial charge >= 0.3 is 0 Å². The zero-order valence-electron chi connectivity index (χ0n) is 6.24. The van der Waals surface area contributed by atoms with Gasteiger partial charge in [-0.3, -0.25) is 4.98 Å². The van der Waals surface area contributed by atoms with Crippen molar-refractivity contribution in [1.82, 2.24) is 4.98 Å². The monoisotopic (exact) mass is 158 g/mol. The molecule has 0 radical (unpaired) electrons. The Kier molecular flexibility index (Phi) is 0.913. The first kappa shape index (κ1) is 5.83. The van der Waals surface area contributed by atoms with E-state index < -0.39 is 0 Å². The zero-order chi connectivity index (χ0) is 7.97. The van der Waals surface area contributed by atoms with Crippen molar-refractivity contribution in [3.8, 4) is 5.75 Å². The summed E-state index contributed by atoms with van der Waals surface area (Å²) < 4.78 is 0. The summed E-state index contributed by atoms with van der Waals surface area (Å²) in [5, 5.41) is 1.07. The summed E-state index contributed by atoms with van der Waals surface area (Å²) in [5.41, 5.74) is 4.80. The fourth-order valence-corrected chi connectivity index (χ4v) is 1.45. The van der Waals surface area contributed by atoms with Gasteiger partial charge in [-0.1, -0.05) is 6.07 Å². The maximum Gasteiger partial charge on any atom is 0.166 e. The molecule has 12 heavy (non-hydrogen) atoms. The quantitative estimate of drug-likeness (QED) is 0.636. The first-order valence-electron chi connectivity index (χ1n) is 3.76. The molecule has 3 heteroatoms. The third-order valence-corrected chi connectivity index (χ3v) is 2.00. The lowest BCUT2D eigenvalue weighted by atomic mass is 10.2. The summed E-state index contributed by atoms with van der Waals surface area (Å²) in [4.78, 5) is 9.45. The number of pyridine rings is 1. The van der Waals surface area contributed by atoms with Crippen LogP contribution in [0.2, 0.25) is 0 Å². The van der Waals surface area contributed by atoms with Crippen molar-refractivity contribution in [3.05, 3.63) is 30.5 Å². The molecule has 0 saturated carbocycles. The summed E-state index contributed by atoms with van der Waals surface area (Å²) in [6, 6.07) is 7.73. The van der Waals surface area contributed by atoms with E-state index in [1.54, 1.807) is 6.20 Å². The maximum absolute atomic E-state index is 5.22. The van der Waals surface area contributed by atoms with Gasteiger partial charge in [-0.15, -0.1) is 0 Å². The van der Waals surface area contributed by atoms with E-state index in [4.69, 9.17) is 4.84 Å². The molecule has 0 atom stereocenters. The summed E-state index contributed by atoms with van der Waals surface area (Å²) in [6.45, 7) is 0. The molecule has 1 aromatic heterocycles. The molecule has 1 aliphatic heterocycles. The third-order valence-electron chi connectivity index (χ3n) is 2.00. The number of benzene rings is 1. The second-order valence-corrected chi connectivity index (χ2v) is 2.71. The Morgan fingerprint density at radius 1 is 1.25 bits per heavy atom. The topological polar surface area (TPSA) is 34.2 Å². The number of hydrogen-bond acceptors (Lipinski definition) is 3. The first-order valence-corrected chi connectivity index (χ1v) is 3.76. The van der Waals surface area contributed by atoms with E-state index in [1.165, 1.54) is 0 Å². The molecule has 2 heterocycles. The van der Waals surface area contributed by atoms with Gasteiger partial charge in [0.2, 0.25) is 0 Å². The number of aromatic nitrogens is 1. The fourth-order valence-electron chi connectivity index (χ4n) is 1.45. The smallest absolute Gasteiger partial charge is 0.166 e. The van der Waals surface area contributed by atoms with Crippen LogP contribution in [-0.4, -0.2) is 4.98 Å². The van der Waals surface area contributed by atoms with Crippen molar-refractivity contribution in [2.24, 2.45) is 0 Å². The lowest BCUT2D eigenvalue weighted by molar-refractivity contribution is 0.423. The van der Waals surface area contributed by atoms with Crippen LogP contribution in [-0.2, 0) is 0 Å². The van der Waals surface area contributed by atoms with Crippen molar-refractivity contribution in [1.29, 1.82) is 0 Å². The van der Waals surface area contributed by atoms with E-state index in [9.17, 15) is 0 Å². The van der Waals surface area contributed by atoms with Crippen LogP contribution >= 0.6 is 0 Å². The third kappa shape index (κ3) is 0.580. The van der Waals surface area contributed by atoms with Crippen LogP contribution in [0.5, 0.6) is 5.75 Å². The normalized spacial score (nSPS) is 12.7. The Labute approximate surface area is 68.9 Å². The first-order chi connectivity index (χ1) is 5.95. The predicted molar refractivity (Wildman–Crippen MR) is 46.0 cm³/mol. The van der Waals surface area contributed by atoms with E-state index in [0.29, 0.717) is 0 Å². The molecule has 0 bridgehead atoms. The van der Waals surface area contributed by atoms with E-state index in [2.05, 4.69) is 10.5 Å². The van der Waals surface area contributed by atoms with Crippen molar-refractivity contribution < 1.29 is 4.84 Å². The van der Waals surface area contributed by atoms with Crippen molar-refractivity contribution in [2.45, 2.75) is 0 Å². The predicted octanol–water partition coefficient (Wildman–Crippen LogP) is 1.95. The van der Waals surface area contributed by atoms with Gasteiger partial charge in [0, 0.05) is 6.20 Å². The standard InChI is InChI=1S/C9H6N2O/c1-2-6-9-7(4-5-10-6)11-12-8(9)3-1/h1-5,11H.